The first-order valence-electron chi connectivity index (χ1n) is 12.8. The molecule has 0 bridgehead atoms. The second kappa shape index (κ2) is 12.7. The Labute approximate surface area is 214 Å². The molecule has 1 fully saturated rings. The van der Waals surface area contributed by atoms with E-state index in [2.05, 4.69) is 10.6 Å². The van der Waals surface area contributed by atoms with Crippen LogP contribution in [0.4, 0.5) is 4.79 Å². The summed E-state index contributed by atoms with van der Waals surface area (Å²) in [5, 5.41) is 5.51. The summed E-state index contributed by atoms with van der Waals surface area (Å²) in [5.74, 6) is -1.55. The van der Waals surface area contributed by atoms with Gasteiger partial charge in [0.25, 0.3) is 0 Å². The summed E-state index contributed by atoms with van der Waals surface area (Å²) in [6.07, 6.45) is 2.87. The van der Waals surface area contributed by atoms with Gasteiger partial charge < -0.3 is 26.0 Å². The number of carbonyl (C=O) groups excluding carboxylic acids is 4. The molecule has 2 rings (SSSR count). The summed E-state index contributed by atoms with van der Waals surface area (Å²) in [7, 11) is 0. The number of nitrogens with zero attached hydrogens (tertiary/aromatic N) is 1. The van der Waals surface area contributed by atoms with Crippen molar-refractivity contribution < 1.29 is 23.9 Å². The summed E-state index contributed by atoms with van der Waals surface area (Å²) >= 11 is 0. The summed E-state index contributed by atoms with van der Waals surface area (Å²) in [6.45, 7) is 11.5. The van der Waals surface area contributed by atoms with Crippen molar-refractivity contribution in [2.24, 2.45) is 5.73 Å². The zero-order chi connectivity index (χ0) is 27.0. The molecule has 4 amide bonds. The SMILES string of the molecule is CCCCNC(=O)C(c1cccc(C)c1C)N(C(=O)C(CC(N)=O)NC(=O)OC(C)(C)C)C1CCC1. The molecule has 0 saturated heterocycles. The largest absolute Gasteiger partial charge is 0.444 e. The van der Waals surface area contributed by atoms with E-state index in [0.717, 1.165) is 48.8 Å². The van der Waals surface area contributed by atoms with Crippen LogP contribution >= 0.6 is 0 Å². The molecule has 0 heterocycles. The van der Waals surface area contributed by atoms with E-state index >= 15 is 0 Å². The highest BCUT2D eigenvalue weighted by molar-refractivity contribution is 5.95. The first kappa shape index (κ1) is 29.1. The van der Waals surface area contributed by atoms with Crippen molar-refractivity contribution in [3.63, 3.8) is 0 Å². The van der Waals surface area contributed by atoms with Crippen LogP contribution < -0.4 is 16.4 Å². The molecule has 0 radical (unpaired) electrons. The number of amides is 4. The number of unbranched alkanes of at least 4 members (excludes halogenated alkanes) is 1. The third-order valence-electron chi connectivity index (χ3n) is 6.41. The normalized spacial score (nSPS) is 15.3. The van der Waals surface area contributed by atoms with Gasteiger partial charge in [-0.25, -0.2) is 4.79 Å². The fourth-order valence-corrected chi connectivity index (χ4v) is 4.19. The van der Waals surface area contributed by atoms with Gasteiger partial charge in [-0.2, -0.15) is 0 Å². The molecule has 0 aliphatic heterocycles. The van der Waals surface area contributed by atoms with Gasteiger partial charge in [0.1, 0.15) is 17.7 Å². The average molecular weight is 503 g/mol. The number of rotatable bonds is 11. The zero-order valence-corrected chi connectivity index (χ0v) is 22.5. The molecule has 9 heteroatoms. The van der Waals surface area contributed by atoms with Crippen LogP contribution in [0.3, 0.4) is 0 Å². The average Bonchev–Trinajstić information content (AvgIpc) is 2.72. The van der Waals surface area contributed by atoms with E-state index in [0.29, 0.717) is 6.54 Å². The van der Waals surface area contributed by atoms with Crippen LogP contribution in [-0.4, -0.2) is 52.9 Å². The van der Waals surface area contributed by atoms with Crippen LogP contribution in [0.5, 0.6) is 0 Å². The maximum atomic E-state index is 14.0. The van der Waals surface area contributed by atoms with Gasteiger partial charge in [0.2, 0.25) is 17.7 Å². The van der Waals surface area contributed by atoms with Crippen molar-refractivity contribution in [1.29, 1.82) is 0 Å². The Morgan fingerprint density at radius 3 is 2.36 bits per heavy atom. The molecule has 0 spiro atoms. The first-order valence-corrected chi connectivity index (χ1v) is 12.8. The Morgan fingerprint density at radius 1 is 1.17 bits per heavy atom. The maximum Gasteiger partial charge on any atom is 0.408 e. The minimum Gasteiger partial charge on any atom is -0.444 e. The monoisotopic (exact) mass is 502 g/mol. The number of nitrogens with two attached hydrogens (primary N) is 1. The molecule has 1 saturated carbocycles. The number of primary amides is 1. The second-order valence-corrected chi connectivity index (χ2v) is 10.5. The minimum atomic E-state index is -1.26. The van der Waals surface area contributed by atoms with E-state index < -0.39 is 42.0 Å². The van der Waals surface area contributed by atoms with E-state index in [4.69, 9.17) is 10.5 Å². The molecule has 4 N–H and O–H groups in total. The summed E-state index contributed by atoms with van der Waals surface area (Å²) in [4.78, 5) is 53.6. The van der Waals surface area contributed by atoms with Crippen LogP contribution in [0.25, 0.3) is 0 Å². The van der Waals surface area contributed by atoms with Crippen molar-refractivity contribution in [2.75, 3.05) is 6.54 Å². The van der Waals surface area contributed by atoms with E-state index in [1.165, 1.54) is 0 Å². The number of carbonyl (C=O) groups is 4. The third kappa shape index (κ3) is 7.96. The van der Waals surface area contributed by atoms with Gasteiger partial charge in [-0.1, -0.05) is 31.5 Å². The van der Waals surface area contributed by atoms with Gasteiger partial charge in [0.05, 0.1) is 6.42 Å². The lowest BCUT2D eigenvalue weighted by molar-refractivity contribution is -0.148. The molecule has 1 aliphatic carbocycles. The van der Waals surface area contributed by atoms with Gasteiger partial charge in [0, 0.05) is 12.6 Å². The fourth-order valence-electron chi connectivity index (χ4n) is 4.19. The number of alkyl carbamates (subject to hydrolysis) is 1. The Hall–Kier alpha value is -3.10. The zero-order valence-electron chi connectivity index (χ0n) is 22.5. The first-order chi connectivity index (χ1) is 16.9. The number of ether oxygens (including phenoxy) is 1. The third-order valence-corrected chi connectivity index (χ3v) is 6.41. The number of hydrogen-bond donors (Lipinski definition) is 3. The van der Waals surface area contributed by atoms with E-state index in [-0.39, 0.29) is 11.9 Å². The highest BCUT2D eigenvalue weighted by atomic mass is 16.6. The predicted molar refractivity (Wildman–Crippen MR) is 138 cm³/mol. The van der Waals surface area contributed by atoms with Gasteiger partial charge in [-0.3, -0.25) is 14.4 Å². The van der Waals surface area contributed by atoms with E-state index in [1.807, 2.05) is 39.0 Å². The van der Waals surface area contributed by atoms with Gasteiger partial charge in [-0.15, -0.1) is 0 Å². The van der Waals surface area contributed by atoms with Crippen molar-refractivity contribution in [2.45, 2.75) is 104 Å². The fraction of sp³-hybridized carbons (Fsp3) is 0.630. The van der Waals surface area contributed by atoms with Gasteiger partial charge in [-0.05, 0) is 77.0 Å². The molecule has 1 aromatic carbocycles. The van der Waals surface area contributed by atoms with Gasteiger partial charge in [0.15, 0.2) is 0 Å². The van der Waals surface area contributed by atoms with E-state index in [1.54, 1.807) is 25.7 Å². The van der Waals surface area contributed by atoms with Gasteiger partial charge >= 0.3 is 6.09 Å². The summed E-state index contributed by atoms with van der Waals surface area (Å²) < 4.78 is 5.32. The molecular formula is C27H42N4O5. The van der Waals surface area contributed by atoms with Crippen LogP contribution in [0.2, 0.25) is 0 Å². The summed E-state index contributed by atoms with van der Waals surface area (Å²) in [5.41, 5.74) is 7.29. The van der Waals surface area contributed by atoms with E-state index in [9.17, 15) is 19.2 Å². The Bertz CT molecular complexity index is 952. The summed E-state index contributed by atoms with van der Waals surface area (Å²) in [6, 6.07) is 3.32. The van der Waals surface area contributed by atoms with Crippen molar-refractivity contribution >= 4 is 23.8 Å². The highest BCUT2D eigenvalue weighted by Crippen LogP contribution is 2.35. The minimum absolute atomic E-state index is 0.199. The standard InChI is InChI=1S/C27H42N4O5/c1-7-8-15-29-24(33)23(20-14-9-11-17(2)18(20)3)31(19-12-10-13-19)25(34)21(16-22(28)32)30-26(35)36-27(4,5)6/h9,11,14,19,21,23H,7-8,10,12-13,15-16H2,1-6H3,(H2,28,32)(H,29,33)(H,30,35). The second-order valence-electron chi connectivity index (χ2n) is 10.5. The maximum absolute atomic E-state index is 14.0. The van der Waals surface area contributed by atoms with Crippen LogP contribution in [0, 0.1) is 13.8 Å². The molecule has 1 aromatic rings. The lowest BCUT2D eigenvalue weighted by Gasteiger charge is -2.44. The molecule has 2 atom stereocenters. The van der Waals surface area contributed by atoms with Crippen molar-refractivity contribution in [1.82, 2.24) is 15.5 Å². The molecular weight excluding hydrogens is 460 g/mol. The quantitative estimate of drug-likeness (QED) is 0.399. The molecule has 2 unspecified atom stereocenters. The lowest BCUT2D eigenvalue weighted by atomic mass is 9.86. The number of benzene rings is 1. The molecule has 9 nitrogen and oxygen atoms in total. The molecule has 200 valence electrons. The highest BCUT2D eigenvalue weighted by Gasteiger charge is 2.42. The number of nitrogens with one attached hydrogen (secondary N) is 2. The number of aryl methyl sites for hydroxylation is 1. The predicted octanol–water partition coefficient (Wildman–Crippen LogP) is 3.41. The van der Waals surface area contributed by atoms with Crippen LogP contribution in [-0.2, 0) is 19.1 Å². The lowest BCUT2D eigenvalue weighted by Crippen LogP contribution is -2.58. The van der Waals surface area contributed by atoms with Crippen LogP contribution in [0.1, 0.15) is 89.0 Å². The Kier molecular flexibility index (Phi) is 10.3. The van der Waals surface area contributed by atoms with Crippen LogP contribution in [0.15, 0.2) is 18.2 Å². The molecule has 1 aliphatic rings. The number of hydrogen-bond acceptors (Lipinski definition) is 5. The van der Waals surface area contributed by atoms with Crippen molar-refractivity contribution in [3.8, 4) is 0 Å². The molecule has 0 aromatic heterocycles. The Morgan fingerprint density at radius 2 is 1.83 bits per heavy atom. The topological polar surface area (TPSA) is 131 Å². The Balaban J connectivity index is 2.51. The van der Waals surface area contributed by atoms with Crippen molar-refractivity contribution in [3.05, 3.63) is 34.9 Å². The molecule has 36 heavy (non-hydrogen) atoms. The smallest absolute Gasteiger partial charge is 0.408 e.